The standard InChI is InChI=1S/C17H21N3O4S/c1-9(21)18-17-11(10-4-2-3-5-13(10)25-17)8-15(23)19-12-6-7-14(22)20-16(12)24/h12H,2-8H2,1H3,(H,18,21)(H,19,23)(H,20,22,24). The Morgan fingerprint density at radius 2 is 1.96 bits per heavy atom. The Kier molecular flexibility index (Phi) is 5.17. The maximum absolute atomic E-state index is 12.4. The summed E-state index contributed by atoms with van der Waals surface area (Å²) in [5.74, 6) is -1.20. The summed E-state index contributed by atoms with van der Waals surface area (Å²) >= 11 is 1.54. The first-order valence-electron chi connectivity index (χ1n) is 8.48. The molecule has 1 aromatic rings. The topological polar surface area (TPSA) is 104 Å². The molecule has 1 saturated heterocycles. The van der Waals surface area contributed by atoms with Crippen LogP contribution in [0.4, 0.5) is 5.00 Å². The summed E-state index contributed by atoms with van der Waals surface area (Å²) in [6.45, 7) is 1.45. The molecule has 2 heterocycles. The van der Waals surface area contributed by atoms with Crippen LogP contribution in [0, 0.1) is 0 Å². The number of aryl methyl sites for hydroxylation is 1. The van der Waals surface area contributed by atoms with Crippen molar-refractivity contribution >= 4 is 40.0 Å². The largest absolute Gasteiger partial charge is 0.344 e. The number of piperidine rings is 1. The Balaban J connectivity index is 1.74. The van der Waals surface area contributed by atoms with Gasteiger partial charge in [-0.3, -0.25) is 24.5 Å². The molecule has 1 aliphatic carbocycles. The molecule has 1 aliphatic heterocycles. The van der Waals surface area contributed by atoms with E-state index in [9.17, 15) is 19.2 Å². The van der Waals surface area contributed by atoms with Crippen molar-refractivity contribution in [1.29, 1.82) is 0 Å². The first kappa shape index (κ1) is 17.6. The van der Waals surface area contributed by atoms with Gasteiger partial charge in [0, 0.05) is 18.2 Å². The molecular formula is C17H21N3O4S. The van der Waals surface area contributed by atoms with E-state index in [-0.39, 0.29) is 30.6 Å². The number of amides is 4. The van der Waals surface area contributed by atoms with Gasteiger partial charge in [0.15, 0.2) is 0 Å². The fourth-order valence-corrected chi connectivity index (χ4v) is 4.67. The molecule has 7 nitrogen and oxygen atoms in total. The first-order chi connectivity index (χ1) is 11.9. The molecule has 1 fully saturated rings. The second-order valence-electron chi connectivity index (χ2n) is 6.45. The summed E-state index contributed by atoms with van der Waals surface area (Å²) in [4.78, 5) is 48.1. The summed E-state index contributed by atoms with van der Waals surface area (Å²) in [5, 5.41) is 8.50. The minimum atomic E-state index is -0.677. The van der Waals surface area contributed by atoms with Gasteiger partial charge in [-0.05, 0) is 43.2 Å². The molecular weight excluding hydrogens is 342 g/mol. The highest BCUT2D eigenvalue weighted by atomic mass is 32.1. The lowest BCUT2D eigenvalue weighted by Crippen LogP contribution is -2.52. The van der Waals surface area contributed by atoms with Gasteiger partial charge in [0.05, 0.1) is 11.4 Å². The van der Waals surface area contributed by atoms with E-state index in [0.717, 1.165) is 36.2 Å². The molecule has 0 aromatic carbocycles. The quantitative estimate of drug-likeness (QED) is 0.696. The summed E-state index contributed by atoms with van der Waals surface area (Å²) in [6.07, 6.45) is 4.74. The van der Waals surface area contributed by atoms with Gasteiger partial charge in [0.1, 0.15) is 6.04 Å². The first-order valence-corrected chi connectivity index (χ1v) is 9.29. The third kappa shape index (κ3) is 4.07. The minimum Gasteiger partial charge on any atom is -0.344 e. The van der Waals surface area contributed by atoms with E-state index in [1.54, 1.807) is 11.3 Å². The van der Waals surface area contributed by atoms with Crippen LogP contribution in [0.5, 0.6) is 0 Å². The molecule has 0 saturated carbocycles. The monoisotopic (exact) mass is 363 g/mol. The van der Waals surface area contributed by atoms with Gasteiger partial charge < -0.3 is 10.6 Å². The van der Waals surface area contributed by atoms with Crippen LogP contribution in [0.1, 0.15) is 48.6 Å². The number of imide groups is 1. The van der Waals surface area contributed by atoms with Crippen molar-refractivity contribution in [3.63, 3.8) is 0 Å². The molecule has 8 heteroatoms. The van der Waals surface area contributed by atoms with Gasteiger partial charge in [0.2, 0.25) is 23.6 Å². The fourth-order valence-electron chi connectivity index (χ4n) is 3.32. The van der Waals surface area contributed by atoms with Crippen molar-refractivity contribution in [1.82, 2.24) is 10.6 Å². The highest BCUT2D eigenvalue weighted by Gasteiger charge is 2.29. The van der Waals surface area contributed by atoms with Gasteiger partial charge in [-0.25, -0.2) is 0 Å². The molecule has 134 valence electrons. The molecule has 25 heavy (non-hydrogen) atoms. The molecule has 1 atom stereocenters. The third-order valence-corrected chi connectivity index (χ3v) is 5.73. The SMILES string of the molecule is CC(=O)Nc1sc2c(c1CC(=O)NC1CCC(=O)NC1=O)CCCC2. The van der Waals surface area contributed by atoms with E-state index in [0.29, 0.717) is 6.42 Å². The highest BCUT2D eigenvalue weighted by Crippen LogP contribution is 2.38. The number of thiophene rings is 1. The van der Waals surface area contributed by atoms with E-state index in [1.807, 2.05) is 0 Å². The van der Waals surface area contributed by atoms with E-state index >= 15 is 0 Å². The van der Waals surface area contributed by atoms with Crippen LogP contribution in [-0.2, 0) is 38.4 Å². The minimum absolute atomic E-state index is 0.124. The van der Waals surface area contributed by atoms with Gasteiger partial charge in [-0.1, -0.05) is 0 Å². The molecule has 0 bridgehead atoms. The number of carbonyl (C=O) groups excluding carboxylic acids is 4. The number of nitrogens with one attached hydrogen (secondary N) is 3. The second-order valence-corrected chi connectivity index (χ2v) is 7.55. The van der Waals surface area contributed by atoms with Crippen molar-refractivity contribution in [3.8, 4) is 0 Å². The Morgan fingerprint density at radius 3 is 2.68 bits per heavy atom. The molecule has 4 amide bonds. The number of hydrogen-bond acceptors (Lipinski definition) is 5. The normalized spacial score (nSPS) is 19.8. The predicted octanol–water partition coefficient (Wildman–Crippen LogP) is 1.05. The Hall–Kier alpha value is -2.22. The summed E-state index contributed by atoms with van der Waals surface area (Å²) < 4.78 is 0. The molecule has 0 radical (unpaired) electrons. The summed E-state index contributed by atoms with van der Waals surface area (Å²) in [7, 11) is 0. The van der Waals surface area contributed by atoms with Crippen molar-refractivity contribution in [2.24, 2.45) is 0 Å². The van der Waals surface area contributed by atoms with Crippen LogP contribution in [0.15, 0.2) is 0 Å². The number of fused-ring (bicyclic) bond motifs is 1. The Labute approximate surface area is 149 Å². The molecule has 0 spiro atoms. The van der Waals surface area contributed by atoms with Crippen LogP contribution in [0.2, 0.25) is 0 Å². The molecule has 1 unspecified atom stereocenters. The Bertz CT molecular complexity index is 740. The molecule has 1 aromatic heterocycles. The summed E-state index contributed by atoms with van der Waals surface area (Å²) in [6, 6.07) is -0.677. The van der Waals surface area contributed by atoms with Crippen LogP contribution < -0.4 is 16.0 Å². The van der Waals surface area contributed by atoms with Crippen LogP contribution in [-0.4, -0.2) is 29.7 Å². The third-order valence-electron chi connectivity index (χ3n) is 4.48. The predicted molar refractivity (Wildman–Crippen MR) is 93.3 cm³/mol. The van der Waals surface area contributed by atoms with Crippen molar-refractivity contribution < 1.29 is 19.2 Å². The lowest BCUT2D eigenvalue weighted by molar-refractivity contribution is -0.137. The zero-order valence-electron chi connectivity index (χ0n) is 14.1. The van der Waals surface area contributed by atoms with Gasteiger partial charge in [0.25, 0.3) is 0 Å². The molecule has 2 aliphatic rings. The van der Waals surface area contributed by atoms with Crippen molar-refractivity contribution in [2.45, 2.75) is 57.9 Å². The number of anilines is 1. The van der Waals surface area contributed by atoms with E-state index < -0.39 is 11.9 Å². The Morgan fingerprint density at radius 1 is 1.20 bits per heavy atom. The van der Waals surface area contributed by atoms with E-state index in [4.69, 9.17) is 0 Å². The van der Waals surface area contributed by atoms with Crippen molar-refractivity contribution in [3.05, 3.63) is 16.0 Å². The van der Waals surface area contributed by atoms with Crippen LogP contribution >= 0.6 is 11.3 Å². The second kappa shape index (κ2) is 7.35. The lowest BCUT2D eigenvalue weighted by Gasteiger charge is -2.22. The molecule has 3 rings (SSSR count). The smallest absolute Gasteiger partial charge is 0.249 e. The maximum Gasteiger partial charge on any atom is 0.249 e. The van der Waals surface area contributed by atoms with Crippen LogP contribution in [0.3, 0.4) is 0 Å². The maximum atomic E-state index is 12.4. The fraction of sp³-hybridized carbons (Fsp3) is 0.529. The van der Waals surface area contributed by atoms with Gasteiger partial charge in [-0.15, -0.1) is 11.3 Å². The number of carbonyl (C=O) groups is 4. The molecule has 3 N–H and O–H groups in total. The lowest BCUT2D eigenvalue weighted by atomic mass is 9.94. The number of hydrogen-bond donors (Lipinski definition) is 3. The van der Waals surface area contributed by atoms with Crippen molar-refractivity contribution in [2.75, 3.05) is 5.32 Å². The van der Waals surface area contributed by atoms with Gasteiger partial charge >= 0.3 is 0 Å². The van der Waals surface area contributed by atoms with Gasteiger partial charge in [-0.2, -0.15) is 0 Å². The average molecular weight is 363 g/mol. The van der Waals surface area contributed by atoms with E-state index in [2.05, 4.69) is 16.0 Å². The zero-order valence-corrected chi connectivity index (χ0v) is 14.9. The highest BCUT2D eigenvalue weighted by molar-refractivity contribution is 7.16. The number of rotatable bonds is 4. The van der Waals surface area contributed by atoms with E-state index in [1.165, 1.54) is 17.4 Å². The average Bonchev–Trinajstić information content (AvgIpc) is 2.87. The zero-order chi connectivity index (χ0) is 18.0. The van der Waals surface area contributed by atoms with Crippen LogP contribution in [0.25, 0.3) is 0 Å². The summed E-state index contributed by atoms with van der Waals surface area (Å²) in [5.41, 5.74) is 2.03.